The maximum atomic E-state index is 12.9. The first kappa shape index (κ1) is 22.1. The quantitative estimate of drug-likeness (QED) is 0.776. The van der Waals surface area contributed by atoms with Crippen LogP contribution in [0.15, 0.2) is 4.79 Å². The molecule has 1 aromatic heterocycles. The van der Waals surface area contributed by atoms with Gasteiger partial charge in [-0.25, -0.2) is 4.98 Å². The van der Waals surface area contributed by atoms with Crippen LogP contribution in [0.25, 0.3) is 0 Å². The Kier molecular flexibility index (Phi) is 6.93. The summed E-state index contributed by atoms with van der Waals surface area (Å²) in [6.45, 7) is 5.84. The molecule has 0 radical (unpaired) electrons. The lowest BCUT2D eigenvalue weighted by atomic mass is 9.87. The summed E-state index contributed by atoms with van der Waals surface area (Å²) in [6, 6.07) is 0. The minimum absolute atomic E-state index is 0.0374. The van der Waals surface area contributed by atoms with E-state index in [1.165, 1.54) is 38.6 Å². The molecular weight excluding hydrogens is 404 g/mol. The molecule has 0 unspecified atom stereocenters. The maximum Gasteiger partial charge on any atom is 0.256 e. The molecule has 176 valence electrons. The van der Waals surface area contributed by atoms with Crippen LogP contribution in [0.4, 0.5) is 0 Å². The minimum atomic E-state index is -0.0425. The number of ether oxygens (including phenoxy) is 1. The Bertz CT molecular complexity index is 849. The molecule has 4 aliphatic rings. The first-order valence-corrected chi connectivity index (χ1v) is 12.9. The van der Waals surface area contributed by atoms with Gasteiger partial charge in [0.15, 0.2) is 0 Å². The van der Waals surface area contributed by atoms with Crippen molar-refractivity contribution in [1.82, 2.24) is 19.8 Å². The van der Waals surface area contributed by atoms with Gasteiger partial charge < -0.3 is 19.5 Å². The fraction of sp³-hybridized carbons (Fsp3) is 0.800. The number of H-pyrrole nitrogens is 1. The third kappa shape index (κ3) is 4.93. The average Bonchev–Trinajstić information content (AvgIpc) is 2.85. The number of rotatable bonds is 4. The van der Waals surface area contributed by atoms with Crippen LogP contribution in [0.5, 0.6) is 0 Å². The summed E-state index contributed by atoms with van der Waals surface area (Å²) in [7, 11) is 0. The zero-order valence-electron chi connectivity index (χ0n) is 19.3. The Labute approximate surface area is 190 Å². The van der Waals surface area contributed by atoms with E-state index in [2.05, 4.69) is 9.88 Å². The van der Waals surface area contributed by atoms with E-state index in [1.807, 2.05) is 4.90 Å². The summed E-state index contributed by atoms with van der Waals surface area (Å²) in [5.74, 6) is 2.31. The van der Waals surface area contributed by atoms with E-state index >= 15 is 0 Å². The van der Waals surface area contributed by atoms with Gasteiger partial charge in [-0.05, 0) is 57.5 Å². The number of carbonyl (C=O) groups is 1. The number of nitrogens with one attached hydrogen (secondary N) is 1. The van der Waals surface area contributed by atoms with Crippen LogP contribution in [-0.2, 0) is 22.5 Å². The molecule has 0 bridgehead atoms. The molecule has 5 rings (SSSR count). The third-order valence-corrected chi connectivity index (χ3v) is 8.18. The highest BCUT2D eigenvalue weighted by Gasteiger charge is 2.31. The van der Waals surface area contributed by atoms with E-state index < -0.39 is 0 Å². The van der Waals surface area contributed by atoms with Crippen molar-refractivity contribution >= 4 is 5.91 Å². The van der Waals surface area contributed by atoms with Crippen LogP contribution in [0.1, 0.15) is 80.8 Å². The summed E-state index contributed by atoms with van der Waals surface area (Å²) in [5, 5.41) is 0. The molecule has 7 heteroatoms. The summed E-state index contributed by atoms with van der Waals surface area (Å²) in [5.41, 5.74) is 1.55. The van der Waals surface area contributed by atoms with Crippen molar-refractivity contribution in [1.29, 1.82) is 0 Å². The second-order valence-corrected chi connectivity index (χ2v) is 10.4. The van der Waals surface area contributed by atoms with Gasteiger partial charge in [-0.15, -0.1) is 0 Å². The smallest absolute Gasteiger partial charge is 0.256 e. The van der Waals surface area contributed by atoms with Crippen LogP contribution in [-0.4, -0.2) is 65.1 Å². The van der Waals surface area contributed by atoms with Gasteiger partial charge in [-0.3, -0.25) is 9.59 Å². The van der Waals surface area contributed by atoms with Crippen molar-refractivity contribution in [2.24, 2.45) is 11.8 Å². The van der Waals surface area contributed by atoms with E-state index in [9.17, 15) is 9.59 Å². The van der Waals surface area contributed by atoms with Crippen molar-refractivity contribution in [2.75, 3.05) is 39.4 Å². The number of aromatic amines is 1. The van der Waals surface area contributed by atoms with Crippen LogP contribution in [0.2, 0.25) is 0 Å². The van der Waals surface area contributed by atoms with E-state index in [-0.39, 0.29) is 17.4 Å². The largest absolute Gasteiger partial charge is 0.381 e. The number of fused-ring (bicyclic) bond motifs is 1. The van der Waals surface area contributed by atoms with Gasteiger partial charge in [0.05, 0.1) is 17.8 Å². The van der Waals surface area contributed by atoms with Crippen molar-refractivity contribution in [2.45, 2.75) is 76.7 Å². The average molecular weight is 443 g/mol. The zero-order valence-corrected chi connectivity index (χ0v) is 19.3. The van der Waals surface area contributed by atoms with Gasteiger partial charge in [0.1, 0.15) is 5.82 Å². The lowest BCUT2D eigenvalue weighted by Gasteiger charge is -2.35. The SMILES string of the molecule is O=C(C1CCOCC1)N1CCc2nc(C3CCN(CC4CCCCC4)CC3)[nH]c(=O)c2C1. The number of aromatic nitrogens is 2. The fourth-order valence-electron chi connectivity index (χ4n) is 6.15. The zero-order chi connectivity index (χ0) is 21.9. The van der Waals surface area contributed by atoms with Crippen LogP contribution < -0.4 is 5.56 Å². The van der Waals surface area contributed by atoms with Crippen molar-refractivity contribution in [3.05, 3.63) is 27.4 Å². The highest BCUT2D eigenvalue weighted by molar-refractivity contribution is 5.79. The van der Waals surface area contributed by atoms with Crippen LogP contribution in [0.3, 0.4) is 0 Å². The van der Waals surface area contributed by atoms with Gasteiger partial charge in [0, 0.05) is 44.6 Å². The summed E-state index contributed by atoms with van der Waals surface area (Å²) in [6.07, 6.45) is 11.4. The number of hydrogen-bond acceptors (Lipinski definition) is 5. The third-order valence-electron chi connectivity index (χ3n) is 8.18. The highest BCUT2D eigenvalue weighted by Crippen LogP contribution is 2.30. The highest BCUT2D eigenvalue weighted by atomic mass is 16.5. The van der Waals surface area contributed by atoms with Gasteiger partial charge in [-0.1, -0.05) is 19.3 Å². The topological polar surface area (TPSA) is 78.5 Å². The number of hydrogen-bond donors (Lipinski definition) is 1. The summed E-state index contributed by atoms with van der Waals surface area (Å²) < 4.78 is 5.39. The molecule has 32 heavy (non-hydrogen) atoms. The molecule has 1 aliphatic carbocycles. The first-order valence-electron chi connectivity index (χ1n) is 12.9. The molecule has 4 heterocycles. The Morgan fingerprint density at radius 3 is 2.50 bits per heavy atom. The standard InChI is InChI=1S/C25H38N4O3/c30-24-21-17-29(25(31)20-9-14-32-15-10-20)13-8-22(21)26-23(27-24)19-6-11-28(12-7-19)16-18-4-2-1-3-5-18/h18-20H,1-17H2,(H,26,27,30). The summed E-state index contributed by atoms with van der Waals surface area (Å²) in [4.78, 5) is 38.3. The number of piperidine rings is 1. The predicted octanol–water partition coefficient (Wildman–Crippen LogP) is 2.84. The molecule has 3 aliphatic heterocycles. The molecule has 1 saturated carbocycles. The molecule has 0 atom stereocenters. The normalized spacial score (nSPS) is 24.4. The molecule has 1 N–H and O–H groups in total. The molecular formula is C25H38N4O3. The second kappa shape index (κ2) is 10.0. The molecule has 2 saturated heterocycles. The van der Waals surface area contributed by atoms with Crippen molar-refractivity contribution in [3.63, 3.8) is 0 Å². The Balaban J connectivity index is 1.19. The van der Waals surface area contributed by atoms with Crippen LogP contribution >= 0.6 is 0 Å². The van der Waals surface area contributed by atoms with Crippen molar-refractivity contribution in [3.8, 4) is 0 Å². The van der Waals surface area contributed by atoms with E-state index in [0.717, 1.165) is 56.2 Å². The predicted molar refractivity (Wildman–Crippen MR) is 123 cm³/mol. The lowest BCUT2D eigenvalue weighted by Crippen LogP contribution is -2.44. The van der Waals surface area contributed by atoms with E-state index in [1.54, 1.807) is 0 Å². The molecule has 1 aromatic rings. The number of carbonyl (C=O) groups excluding carboxylic acids is 1. The Morgan fingerprint density at radius 2 is 1.75 bits per heavy atom. The molecule has 3 fully saturated rings. The number of amides is 1. The van der Waals surface area contributed by atoms with E-state index in [4.69, 9.17) is 9.72 Å². The van der Waals surface area contributed by atoms with Crippen LogP contribution in [0, 0.1) is 11.8 Å². The molecule has 0 spiro atoms. The van der Waals surface area contributed by atoms with Gasteiger partial charge in [0.25, 0.3) is 5.56 Å². The second-order valence-electron chi connectivity index (χ2n) is 10.4. The van der Waals surface area contributed by atoms with E-state index in [0.29, 0.717) is 44.2 Å². The van der Waals surface area contributed by atoms with Crippen molar-refractivity contribution < 1.29 is 9.53 Å². The molecule has 0 aromatic carbocycles. The van der Waals surface area contributed by atoms with Gasteiger partial charge >= 0.3 is 0 Å². The Morgan fingerprint density at radius 1 is 1.00 bits per heavy atom. The summed E-state index contributed by atoms with van der Waals surface area (Å²) >= 11 is 0. The lowest BCUT2D eigenvalue weighted by molar-refractivity contribution is -0.139. The van der Waals surface area contributed by atoms with Gasteiger partial charge in [-0.2, -0.15) is 0 Å². The maximum absolute atomic E-state index is 12.9. The Hall–Kier alpha value is -1.73. The first-order chi connectivity index (χ1) is 15.7. The monoisotopic (exact) mass is 442 g/mol. The molecule has 7 nitrogen and oxygen atoms in total. The fourth-order valence-corrected chi connectivity index (χ4v) is 6.15. The molecule has 1 amide bonds. The number of likely N-dealkylation sites (tertiary alicyclic amines) is 1. The minimum Gasteiger partial charge on any atom is -0.381 e. The van der Waals surface area contributed by atoms with Gasteiger partial charge in [0.2, 0.25) is 5.91 Å². The number of nitrogens with zero attached hydrogens (tertiary/aromatic N) is 3.